The first kappa shape index (κ1) is 12.6. The maximum Gasteiger partial charge on any atom is 0.321 e. The van der Waals surface area contributed by atoms with Crippen LogP contribution >= 0.6 is 0 Å². The number of benzene rings is 1. The highest BCUT2D eigenvalue weighted by Gasteiger charge is 2.10. The van der Waals surface area contributed by atoms with Gasteiger partial charge in [0.1, 0.15) is 0 Å². The molecule has 1 aromatic carbocycles. The van der Waals surface area contributed by atoms with E-state index in [1.165, 1.54) is 11.1 Å². The van der Waals surface area contributed by atoms with Crippen molar-refractivity contribution in [2.24, 2.45) is 0 Å². The van der Waals surface area contributed by atoms with E-state index in [1.54, 1.807) is 19.0 Å². The average Bonchev–Trinajstić information content (AvgIpc) is 2.29. The van der Waals surface area contributed by atoms with Gasteiger partial charge in [-0.05, 0) is 24.0 Å². The maximum absolute atomic E-state index is 11.7. The average molecular weight is 220 g/mol. The summed E-state index contributed by atoms with van der Waals surface area (Å²) < 4.78 is 0. The molecule has 16 heavy (non-hydrogen) atoms. The van der Waals surface area contributed by atoms with Crippen molar-refractivity contribution in [2.75, 3.05) is 19.4 Å². The van der Waals surface area contributed by atoms with Gasteiger partial charge in [0.2, 0.25) is 0 Å². The first-order valence-corrected chi connectivity index (χ1v) is 5.69. The number of anilines is 1. The Kier molecular flexibility index (Phi) is 4.35. The van der Waals surface area contributed by atoms with Crippen molar-refractivity contribution >= 4 is 11.7 Å². The van der Waals surface area contributed by atoms with Gasteiger partial charge in [0.25, 0.3) is 0 Å². The molecule has 0 unspecified atom stereocenters. The van der Waals surface area contributed by atoms with Crippen LogP contribution in [-0.4, -0.2) is 25.0 Å². The standard InChI is InChI=1S/C13H20N2O/c1-5-10-8-7-9-11(6-2)12(10)14-13(16)15(3)4/h7-9H,5-6H2,1-4H3,(H,14,16). The minimum Gasteiger partial charge on any atom is -0.331 e. The smallest absolute Gasteiger partial charge is 0.321 e. The predicted octanol–water partition coefficient (Wildman–Crippen LogP) is 2.90. The SMILES string of the molecule is CCc1cccc(CC)c1NC(=O)N(C)C. The Morgan fingerprint density at radius 2 is 1.69 bits per heavy atom. The van der Waals surface area contributed by atoms with E-state index in [9.17, 15) is 4.79 Å². The second-order valence-electron chi connectivity index (χ2n) is 3.98. The molecule has 0 aliphatic carbocycles. The van der Waals surface area contributed by atoms with Crippen molar-refractivity contribution in [3.05, 3.63) is 29.3 Å². The Bertz CT molecular complexity index is 350. The molecule has 1 N–H and O–H groups in total. The number of nitrogens with zero attached hydrogens (tertiary/aromatic N) is 1. The van der Waals surface area contributed by atoms with Gasteiger partial charge in [-0.2, -0.15) is 0 Å². The number of aryl methyl sites for hydroxylation is 2. The molecule has 0 heterocycles. The molecule has 0 saturated carbocycles. The Balaban J connectivity index is 3.04. The third-order valence-corrected chi connectivity index (χ3v) is 2.64. The van der Waals surface area contributed by atoms with E-state index in [0.29, 0.717) is 0 Å². The lowest BCUT2D eigenvalue weighted by molar-refractivity contribution is 0.230. The van der Waals surface area contributed by atoms with Gasteiger partial charge < -0.3 is 10.2 Å². The van der Waals surface area contributed by atoms with Crippen molar-refractivity contribution in [2.45, 2.75) is 26.7 Å². The number of para-hydroxylation sites is 1. The summed E-state index contributed by atoms with van der Waals surface area (Å²) in [7, 11) is 3.49. The van der Waals surface area contributed by atoms with Crippen LogP contribution in [0.25, 0.3) is 0 Å². The Morgan fingerprint density at radius 1 is 1.19 bits per heavy atom. The zero-order chi connectivity index (χ0) is 12.1. The lowest BCUT2D eigenvalue weighted by Crippen LogP contribution is -2.28. The molecule has 0 aliphatic heterocycles. The molecule has 3 nitrogen and oxygen atoms in total. The van der Waals surface area contributed by atoms with Crippen LogP contribution in [0.3, 0.4) is 0 Å². The zero-order valence-corrected chi connectivity index (χ0v) is 10.5. The minimum absolute atomic E-state index is 0.0735. The molecule has 0 atom stereocenters. The molecule has 0 saturated heterocycles. The van der Waals surface area contributed by atoms with Crippen LogP contribution in [-0.2, 0) is 12.8 Å². The fraction of sp³-hybridized carbons (Fsp3) is 0.462. The number of urea groups is 1. The van der Waals surface area contributed by atoms with E-state index in [4.69, 9.17) is 0 Å². The van der Waals surface area contributed by atoms with Gasteiger partial charge in [0, 0.05) is 19.8 Å². The summed E-state index contributed by atoms with van der Waals surface area (Å²) in [5.74, 6) is 0. The molecule has 0 aromatic heterocycles. The quantitative estimate of drug-likeness (QED) is 0.834. The van der Waals surface area contributed by atoms with Crippen molar-refractivity contribution < 1.29 is 4.79 Å². The summed E-state index contributed by atoms with van der Waals surface area (Å²) in [5, 5.41) is 2.97. The van der Waals surface area contributed by atoms with Gasteiger partial charge in [-0.15, -0.1) is 0 Å². The molecule has 88 valence electrons. The van der Waals surface area contributed by atoms with Crippen LogP contribution in [0.2, 0.25) is 0 Å². The van der Waals surface area contributed by atoms with Crippen LogP contribution in [0.5, 0.6) is 0 Å². The first-order chi connectivity index (χ1) is 7.60. The monoisotopic (exact) mass is 220 g/mol. The number of amides is 2. The van der Waals surface area contributed by atoms with Gasteiger partial charge >= 0.3 is 6.03 Å². The second-order valence-corrected chi connectivity index (χ2v) is 3.98. The van der Waals surface area contributed by atoms with Crippen molar-refractivity contribution in [3.8, 4) is 0 Å². The molecule has 0 spiro atoms. The summed E-state index contributed by atoms with van der Waals surface area (Å²) in [5.41, 5.74) is 3.36. The summed E-state index contributed by atoms with van der Waals surface area (Å²) in [4.78, 5) is 13.2. The number of rotatable bonds is 3. The van der Waals surface area contributed by atoms with E-state index < -0.39 is 0 Å². The summed E-state index contributed by atoms with van der Waals surface area (Å²) in [6.07, 6.45) is 1.85. The maximum atomic E-state index is 11.7. The number of carbonyl (C=O) groups excluding carboxylic acids is 1. The van der Waals surface area contributed by atoms with Gasteiger partial charge in [-0.25, -0.2) is 4.79 Å². The Morgan fingerprint density at radius 3 is 2.06 bits per heavy atom. The predicted molar refractivity (Wildman–Crippen MR) is 67.9 cm³/mol. The number of hydrogen-bond acceptors (Lipinski definition) is 1. The Labute approximate surface area is 97.5 Å². The minimum atomic E-state index is -0.0735. The lowest BCUT2D eigenvalue weighted by atomic mass is 10.0. The topological polar surface area (TPSA) is 32.3 Å². The van der Waals surface area contributed by atoms with Gasteiger partial charge in [0.05, 0.1) is 0 Å². The molecular weight excluding hydrogens is 200 g/mol. The number of carbonyl (C=O) groups is 1. The fourth-order valence-electron chi connectivity index (χ4n) is 1.62. The summed E-state index contributed by atoms with van der Waals surface area (Å²) >= 11 is 0. The van der Waals surface area contributed by atoms with Gasteiger partial charge in [-0.3, -0.25) is 0 Å². The van der Waals surface area contributed by atoms with Gasteiger partial charge in [-0.1, -0.05) is 32.0 Å². The zero-order valence-electron chi connectivity index (χ0n) is 10.5. The van der Waals surface area contributed by atoms with E-state index in [1.807, 2.05) is 6.07 Å². The number of nitrogens with one attached hydrogen (secondary N) is 1. The van der Waals surface area contributed by atoms with Crippen molar-refractivity contribution in [1.29, 1.82) is 0 Å². The highest BCUT2D eigenvalue weighted by atomic mass is 16.2. The van der Waals surface area contributed by atoms with Crippen LogP contribution in [0.1, 0.15) is 25.0 Å². The molecule has 1 aromatic rings. The van der Waals surface area contributed by atoms with E-state index >= 15 is 0 Å². The van der Waals surface area contributed by atoms with Crippen LogP contribution in [0.4, 0.5) is 10.5 Å². The fourth-order valence-corrected chi connectivity index (χ4v) is 1.62. The van der Waals surface area contributed by atoms with Crippen LogP contribution in [0, 0.1) is 0 Å². The molecule has 3 heteroatoms. The molecule has 0 radical (unpaired) electrons. The molecule has 1 rings (SSSR count). The van der Waals surface area contributed by atoms with E-state index in [2.05, 4.69) is 31.3 Å². The molecule has 0 bridgehead atoms. The third kappa shape index (κ3) is 2.75. The van der Waals surface area contributed by atoms with Crippen LogP contribution in [0.15, 0.2) is 18.2 Å². The van der Waals surface area contributed by atoms with E-state index in [0.717, 1.165) is 18.5 Å². The Hall–Kier alpha value is -1.51. The second kappa shape index (κ2) is 5.54. The highest BCUT2D eigenvalue weighted by molar-refractivity contribution is 5.90. The summed E-state index contributed by atoms with van der Waals surface area (Å²) in [6, 6.07) is 6.09. The lowest BCUT2D eigenvalue weighted by Gasteiger charge is -2.17. The van der Waals surface area contributed by atoms with Crippen molar-refractivity contribution in [3.63, 3.8) is 0 Å². The summed E-state index contributed by atoms with van der Waals surface area (Å²) in [6.45, 7) is 4.19. The molecule has 0 aliphatic rings. The van der Waals surface area contributed by atoms with Crippen molar-refractivity contribution in [1.82, 2.24) is 4.90 Å². The normalized spacial score (nSPS) is 10.0. The molecular formula is C13H20N2O. The molecule has 2 amide bonds. The molecule has 0 fully saturated rings. The highest BCUT2D eigenvalue weighted by Crippen LogP contribution is 2.22. The largest absolute Gasteiger partial charge is 0.331 e. The van der Waals surface area contributed by atoms with Gasteiger partial charge in [0.15, 0.2) is 0 Å². The third-order valence-electron chi connectivity index (χ3n) is 2.64. The number of hydrogen-bond donors (Lipinski definition) is 1. The van der Waals surface area contributed by atoms with E-state index in [-0.39, 0.29) is 6.03 Å². The first-order valence-electron chi connectivity index (χ1n) is 5.69. The van der Waals surface area contributed by atoms with Crippen LogP contribution < -0.4 is 5.32 Å².